The fraction of sp³-hybridized carbons (Fsp3) is 0.412. The Morgan fingerprint density at radius 2 is 2.05 bits per heavy atom. The maximum absolute atomic E-state index is 12.2. The predicted molar refractivity (Wildman–Crippen MR) is 87.0 cm³/mol. The number of para-hydroxylation sites is 1. The average Bonchev–Trinajstić information content (AvgIpc) is 2.46. The van der Waals surface area contributed by atoms with Crippen LogP contribution in [0.1, 0.15) is 26.7 Å². The third kappa shape index (κ3) is 4.26. The van der Waals surface area contributed by atoms with Gasteiger partial charge in [0.05, 0.1) is 11.2 Å². The Morgan fingerprint density at radius 1 is 1.29 bits per heavy atom. The SMILES string of the molecule is CC(C)C[C@H](CN)CC(=O)Nc1cccc2cccnc12. The Balaban J connectivity index is 2.07. The molecule has 0 aliphatic rings. The number of nitrogens with zero attached hydrogens (tertiary/aromatic N) is 1. The number of carbonyl (C=O) groups is 1. The van der Waals surface area contributed by atoms with Gasteiger partial charge in [-0.2, -0.15) is 0 Å². The van der Waals surface area contributed by atoms with Crippen molar-refractivity contribution in [2.75, 3.05) is 11.9 Å². The van der Waals surface area contributed by atoms with Gasteiger partial charge in [-0.15, -0.1) is 0 Å². The van der Waals surface area contributed by atoms with Crippen LogP contribution in [0.25, 0.3) is 10.9 Å². The van der Waals surface area contributed by atoms with Crippen LogP contribution in [0.3, 0.4) is 0 Å². The van der Waals surface area contributed by atoms with E-state index in [0.717, 1.165) is 23.0 Å². The monoisotopic (exact) mass is 285 g/mol. The fourth-order valence-corrected chi connectivity index (χ4v) is 2.60. The van der Waals surface area contributed by atoms with E-state index in [1.807, 2.05) is 30.3 Å². The molecule has 1 aromatic carbocycles. The van der Waals surface area contributed by atoms with Gasteiger partial charge in [-0.1, -0.05) is 32.0 Å². The summed E-state index contributed by atoms with van der Waals surface area (Å²) in [5.74, 6) is 0.780. The van der Waals surface area contributed by atoms with Crippen molar-refractivity contribution in [2.24, 2.45) is 17.6 Å². The summed E-state index contributed by atoms with van der Waals surface area (Å²) in [6.45, 7) is 4.84. The van der Waals surface area contributed by atoms with Crippen LogP contribution in [0.4, 0.5) is 5.69 Å². The van der Waals surface area contributed by atoms with Crippen molar-refractivity contribution in [3.05, 3.63) is 36.5 Å². The molecule has 2 aromatic rings. The quantitative estimate of drug-likeness (QED) is 0.856. The highest BCUT2D eigenvalue weighted by Crippen LogP contribution is 2.22. The van der Waals surface area contributed by atoms with E-state index in [-0.39, 0.29) is 11.8 Å². The zero-order chi connectivity index (χ0) is 15.2. The molecular formula is C17H23N3O. The number of hydrogen-bond donors (Lipinski definition) is 2. The molecule has 0 aliphatic carbocycles. The van der Waals surface area contributed by atoms with Crippen molar-refractivity contribution < 1.29 is 4.79 Å². The molecule has 0 saturated heterocycles. The number of anilines is 1. The molecule has 1 amide bonds. The lowest BCUT2D eigenvalue weighted by atomic mass is 9.94. The van der Waals surface area contributed by atoms with Gasteiger partial charge in [-0.25, -0.2) is 0 Å². The van der Waals surface area contributed by atoms with E-state index in [0.29, 0.717) is 18.9 Å². The van der Waals surface area contributed by atoms with Gasteiger partial charge >= 0.3 is 0 Å². The minimum atomic E-state index is 0.00394. The zero-order valence-corrected chi connectivity index (χ0v) is 12.7. The topological polar surface area (TPSA) is 68.0 Å². The standard InChI is InChI=1S/C17H23N3O/c1-12(2)9-13(11-18)10-16(21)20-15-7-3-5-14-6-4-8-19-17(14)15/h3-8,12-13H,9-11,18H2,1-2H3,(H,20,21)/t13-/m0/s1. The normalized spacial score (nSPS) is 12.6. The van der Waals surface area contributed by atoms with Crippen molar-refractivity contribution >= 4 is 22.5 Å². The highest BCUT2D eigenvalue weighted by Gasteiger charge is 2.15. The lowest BCUT2D eigenvalue weighted by molar-refractivity contribution is -0.117. The summed E-state index contributed by atoms with van der Waals surface area (Å²) in [5, 5.41) is 3.99. The molecule has 0 fully saturated rings. The van der Waals surface area contributed by atoms with Crippen molar-refractivity contribution in [3.63, 3.8) is 0 Å². The Bertz CT molecular complexity index is 605. The number of nitrogens with two attached hydrogens (primary N) is 1. The number of hydrogen-bond acceptors (Lipinski definition) is 3. The first-order chi connectivity index (χ1) is 10.1. The van der Waals surface area contributed by atoms with Gasteiger partial charge in [-0.05, 0) is 36.9 Å². The number of rotatable bonds is 6. The van der Waals surface area contributed by atoms with Crippen LogP contribution < -0.4 is 11.1 Å². The summed E-state index contributed by atoms with van der Waals surface area (Å²) in [6, 6.07) is 9.67. The number of pyridine rings is 1. The highest BCUT2D eigenvalue weighted by atomic mass is 16.1. The van der Waals surface area contributed by atoms with Crippen molar-refractivity contribution in [2.45, 2.75) is 26.7 Å². The van der Waals surface area contributed by atoms with Crippen LogP contribution in [0.15, 0.2) is 36.5 Å². The van der Waals surface area contributed by atoms with Crippen LogP contribution in [0.5, 0.6) is 0 Å². The molecule has 1 heterocycles. The van der Waals surface area contributed by atoms with Crippen molar-refractivity contribution in [1.82, 2.24) is 4.98 Å². The summed E-state index contributed by atoms with van der Waals surface area (Å²) in [6.07, 6.45) is 3.16. The lowest BCUT2D eigenvalue weighted by Gasteiger charge is -2.16. The number of benzene rings is 1. The van der Waals surface area contributed by atoms with Crippen LogP contribution >= 0.6 is 0 Å². The van der Waals surface area contributed by atoms with E-state index in [4.69, 9.17) is 5.73 Å². The predicted octanol–water partition coefficient (Wildman–Crippen LogP) is 3.18. The summed E-state index contributed by atoms with van der Waals surface area (Å²) in [5.41, 5.74) is 7.34. The van der Waals surface area contributed by atoms with E-state index in [1.54, 1.807) is 6.20 Å². The largest absolute Gasteiger partial charge is 0.330 e. The molecule has 4 nitrogen and oxygen atoms in total. The molecule has 0 saturated carbocycles. The molecule has 1 atom stereocenters. The number of fused-ring (bicyclic) bond motifs is 1. The first-order valence-corrected chi connectivity index (χ1v) is 7.43. The lowest BCUT2D eigenvalue weighted by Crippen LogP contribution is -2.23. The molecular weight excluding hydrogens is 262 g/mol. The number of aromatic nitrogens is 1. The minimum Gasteiger partial charge on any atom is -0.330 e. The van der Waals surface area contributed by atoms with Crippen molar-refractivity contribution in [1.29, 1.82) is 0 Å². The van der Waals surface area contributed by atoms with Gasteiger partial charge in [-0.3, -0.25) is 9.78 Å². The van der Waals surface area contributed by atoms with Crippen LogP contribution in [-0.2, 0) is 4.79 Å². The summed E-state index contributed by atoms with van der Waals surface area (Å²) in [7, 11) is 0. The second-order valence-corrected chi connectivity index (χ2v) is 5.86. The van der Waals surface area contributed by atoms with Gasteiger partial charge in [0.15, 0.2) is 0 Å². The van der Waals surface area contributed by atoms with E-state index < -0.39 is 0 Å². The molecule has 21 heavy (non-hydrogen) atoms. The average molecular weight is 285 g/mol. The van der Waals surface area contributed by atoms with Gasteiger partial charge in [0.1, 0.15) is 0 Å². The van der Waals surface area contributed by atoms with Gasteiger partial charge in [0.25, 0.3) is 0 Å². The van der Waals surface area contributed by atoms with Crippen LogP contribution in [0, 0.1) is 11.8 Å². The molecule has 2 rings (SSSR count). The molecule has 0 radical (unpaired) electrons. The second-order valence-electron chi connectivity index (χ2n) is 5.86. The van der Waals surface area contributed by atoms with Gasteiger partial charge in [0, 0.05) is 18.0 Å². The third-order valence-electron chi connectivity index (χ3n) is 3.52. The van der Waals surface area contributed by atoms with E-state index in [2.05, 4.69) is 24.1 Å². The Hall–Kier alpha value is -1.94. The first kappa shape index (κ1) is 15.4. The van der Waals surface area contributed by atoms with Gasteiger partial charge < -0.3 is 11.1 Å². The molecule has 3 N–H and O–H groups in total. The Labute approximate surface area is 125 Å². The van der Waals surface area contributed by atoms with E-state index >= 15 is 0 Å². The van der Waals surface area contributed by atoms with E-state index in [1.165, 1.54) is 0 Å². The molecule has 0 unspecified atom stereocenters. The number of carbonyl (C=O) groups excluding carboxylic acids is 1. The van der Waals surface area contributed by atoms with Crippen LogP contribution in [0.2, 0.25) is 0 Å². The molecule has 0 spiro atoms. The smallest absolute Gasteiger partial charge is 0.224 e. The minimum absolute atomic E-state index is 0.00394. The Kier molecular flexibility index (Phi) is 5.28. The van der Waals surface area contributed by atoms with E-state index in [9.17, 15) is 4.79 Å². The molecule has 112 valence electrons. The number of amides is 1. The first-order valence-electron chi connectivity index (χ1n) is 7.43. The highest BCUT2D eigenvalue weighted by molar-refractivity contribution is 6.00. The zero-order valence-electron chi connectivity index (χ0n) is 12.7. The molecule has 0 bridgehead atoms. The maximum atomic E-state index is 12.2. The molecule has 0 aliphatic heterocycles. The maximum Gasteiger partial charge on any atom is 0.224 e. The number of nitrogens with one attached hydrogen (secondary N) is 1. The third-order valence-corrected chi connectivity index (χ3v) is 3.52. The van der Waals surface area contributed by atoms with Crippen molar-refractivity contribution in [3.8, 4) is 0 Å². The second kappa shape index (κ2) is 7.18. The summed E-state index contributed by atoms with van der Waals surface area (Å²) in [4.78, 5) is 16.6. The molecule has 1 aromatic heterocycles. The fourth-order valence-electron chi connectivity index (χ4n) is 2.60. The molecule has 4 heteroatoms. The summed E-state index contributed by atoms with van der Waals surface area (Å²) < 4.78 is 0. The summed E-state index contributed by atoms with van der Waals surface area (Å²) >= 11 is 0. The van der Waals surface area contributed by atoms with Gasteiger partial charge in [0.2, 0.25) is 5.91 Å². The Morgan fingerprint density at radius 3 is 2.76 bits per heavy atom. The van der Waals surface area contributed by atoms with Crippen LogP contribution in [-0.4, -0.2) is 17.4 Å².